The molecule has 37 heavy (non-hydrogen) atoms. The number of nitrogens with one attached hydrogen (secondary N) is 1. The molecule has 1 aliphatic heterocycles. The van der Waals surface area contributed by atoms with E-state index >= 15 is 0 Å². The number of fused-ring (bicyclic) bond motifs is 1. The molecule has 208 valence electrons. The van der Waals surface area contributed by atoms with E-state index < -0.39 is 0 Å². The molecule has 0 bridgehead atoms. The first-order valence-electron chi connectivity index (χ1n) is 15.1. The molecule has 1 aliphatic rings. The lowest BCUT2D eigenvalue weighted by Crippen LogP contribution is -2.87. The van der Waals surface area contributed by atoms with Crippen LogP contribution in [0.4, 0.5) is 23.0 Å². The number of rotatable bonds is 19. The van der Waals surface area contributed by atoms with Gasteiger partial charge in [0.15, 0.2) is 0 Å². The van der Waals surface area contributed by atoms with Gasteiger partial charge in [0.25, 0.3) is 0 Å². The Hall–Kier alpha value is -2.29. The maximum absolute atomic E-state index is 4.01. The molecule has 3 rings (SSSR count). The third kappa shape index (κ3) is 8.90. The second-order valence-electron chi connectivity index (χ2n) is 10.5. The summed E-state index contributed by atoms with van der Waals surface area (Å²) in [5, 5.41) is 0. The Morgan fingerprint density at radius 2 is 1.46 bits per heavy atom. The molecule has 0 fully saturated rings. The van der Waals surface area contributed by atoms with Gasteiger partial charge in [0.05, 0.1) is 43.2 Å². The minimum atomic E-state index is 1.00. The van der Waals surface area contributed by atoms with Crippen molar-refractivity contribution in [3.63, 3.8) is 0 Å². The van der Waals surface area contributed by atoms with Crippen molar-refractivity contribution in [2.45, 2.75) is 91.1 Å². The summed E-state index contributed by atoms with van der Waals surface area (Å²) in [6, 6.07) is 6.99. The molecule has 0 amide bonds. The molecule has 0 saturated heterocycles. The highest BCUT2D eigenvalue weighted by Gasteiger charge is 2.24. The van der Waals surface area contributed by atoms with E-state index in [0.29, 0.717) is 0 Å². The quantitative estimate of drug-likeness (QED) is 0.0995. The maximum Gasteiger partial charge on any atom is 0.477 e. The third-order valence-electron chi connectivity index (χ3n) is 7.54. The van der Waals surface area contributed by atoms with E-state index in [-0.39, 0.29) is 0 Å². The zero-order chi connectivity index (χ0) is 26.3. The molecule has 0 aliphatic carbocycles. The van der Waals surface area contributed by atoms with Gasteiger partial charge in [-0.2, -0.15) is 9.13 Å². The van der Waals surface area contributed by atoms with Crippen LogP contribution in [0, 0.1) is 0 Å². The van der Waals surface area contributed by atoms with Gasteiger partial charge in [-0.3, -0.25) is 0 Å². The van der Waals surface area contributed by atoms with Crippen LogP contribution in [0.3, 0.4) is 0 Å². The number of aryl methyl sites for hydroxylation is 2. The van der Waals surface area contributed by atoms with Crippen molar-refractivity contribution in [2.75, 3.05) is 54.5 Å². The first-order valence-corrected chi connectivity index (χ1v) is 15.1. The fourth-order valence-corrected chi connectivity index (χ4v) is 5.27. The molecule has 2 aromatic rings. The molecule has 8 heteroatoms. The Morgan fingerprint density at radius 1 is 0.811 bits per heavy atom. The van der Waals surface area contributed by atoms with E-state index in [4.69, 9.17) is 0 Å². The Labute approximate surface area is 225 Å². The van der Waals surface area contributed by atoms with Crippen LogP contribution in [-0.4, -0.2) is 43.8 Å². The summed E-state index contributed by atoms with van der Waals surface area (Å²) in [5.41, 5.74) is 17.9. The minimum absolute atomic E-state index is 1.00. The lowest BCUT2D eigenvalue weighted by molar-refractivity contribution is -0.769. The largest absolute Gasteiger partial charge is 0.477 e. The number of hydrogen-bond donors (Lipinski definition) is 4. The number of nitrogens with two attached hydrogens (primary N) is 1. The lowest BCUT2D eigenvalue weighted by atomic mass is 10.1. The number of benzene rings is 1. The van der Waals surface area contributed by atoms with Crippen molar-refractivity contribution < 1.29 is 21.5 Å². The van der Waals surface area contributed by atoms with Crippen LogP contribution in [0.15, 0.2) is 30.6 Å². The van der Waals surface area contributed by atoms with Crippen LogP contribution >= 0.6 is 0 Å². The number of imidazole rings is 1. The fourth-order valence-electron chi connectivity index (χ4n) is 5.27. The van der Waals surface area contributed by atoms with Crippen molar-refractivity contribution in [3.8, 4) is 0 Å². The van der Waals surface area contributed by atoms with E-state index in [1.807, 2.05) is 0 Å². The molecule has 0 saturated carbocycles. The zero-order valence-electron chi connectivity index (χ0n) is 23.9. The van der Waals surface area contributed by atoms with Crippen molar-refractivity contribution in [1.82, 2.24) is 4.57 Å². The fraction of sp³-hybridized carbons (Fsp3) is 0.690. The molecule has 0 unspecified atom stereocenters. The second kappa shape index (κ2) is 16.5. The number of quaternary nitrogens is 3. The lowest BCUT2D eigenvalue weighted by Gasteiger charge is -2.39. The van der Waals surface area contributed by atoms with Gasteiger partial charge in [-0.1, -0.05) is 39.5 Å². The Balaban J connectivity index is 1.76. The van der Waals surface area contributed by atoms with Gasteiger partial charge in [0.2, 0.25) is 0 Å². The van der Waals surface area contributed by atoms with Gasteiger partial charge < -0.3 is 21.3 Å². The second-order valence-corrected chi connectivity index (χ2v) is 10.5. The SMILES string of the molecule is CCCCCN1CCN(CCCCC)c2cc(N[NH2+]c3n(CCCC[NH3+])cc[n+]3CCCC[NH3+])ccc21. The smallest absolute Gasteiger partial charge is 0.368 e. The van der Waals surface area contributed by atoms with Crippen molar-refractivity contribution in [1.29, 1.82) is 0 Å². The molecule has 0 radical (unpaired) electrons. The topological polar surface area (TPSA) is 99.2 Å². The van der Waals surface area contributed by atoms with Gasteiger partial charge in [-0.15, -0.1) is 5.43 Å². The Kier molecular flexibility index (Phi) is 13.1. The van der Waals surface area contributed by atoms with Crippen molar-refractivity contribution in [3.05, 3.63) is 30.6 Å². The van der Waals surface area contributed by atoms with E-state index in [0.717, 1.165) is 65.2 Å². The van der Waals surface area contributed by atoms with Gasteiger partial charge in [-0.25, -0.2) is 5.43 Å². The first kappa shape index (κ1) is 29.3. The van der Waals surface area contributed by atoms with Crippen LogP contribution in [0.1, 0.15) is 78.1 Å². The third-order valence-corrected chi connectivity index (χ3v) is 7.54. The van der Waals surface area contributed by atoms with E-state index in [1.165, 1.54) is 74.4 Å². The monoisotopic (exact) mass is 516 g/mol. The van der Waals surface area contributed by atoms with E-state index in [9.17, 15) is 0 Å². The predicted molar refractivity (Wildman–Crippen MR) is 154 cm³/mol. The summed E-state index contributed by atoms with van der Waals surface area (Å²) in [5.74, 6) is 1.24. The zero-order valence-corrected chi connectivity index (χ0v) is 23.9. The highest BCUT2D eigenvalue weighted by atomic mass is 15.5. The van der Waals surface area contributed by atoms with Crippen LogP contribution in [0.2, 0.25) is 0 Å². The Bertz CT molecular complexity index is 869. The molecule has 8 nitrogen and oxygen atoms in total. The molecular weight excluding hydrogens is 460 g/mol. The number of anilines is 3. The van der Waals surface area contributed by atoms with Gasteiger partial charge in [0, 0.05) is 39.0 Å². The number of nitrogen functional groups attached to an aromatic ring is 1. The van der Waals surface area contributed by atoms with Crippen LogP contribution in [-0.2, 0) is 13.1 Å². The van der Waals surface area contributed by atoms with Gasteiger partial charge >= 0.3 is 5.95 Å². The van der Waals surface area contributed by atoms with E-state index in [2.05, 4.69) is 85.7 Å². The number of unbranched alkanes of at least 4 members (excludes halogenated alkanes) is 6. The molecule has 9 N–H and O–H groups in total. The van der Waals surface area contributed by atoms with Crippen LogP contribution in [0.25, 0.3) is 0 Å². The molecular formula is C29H56N8+4. The Morgan fingerprint density at radius 3 is 2.14 bits per heavy atom. The number of aromatic nitrogens is 2. The molecule has 1 aromatic heterocycles. The summed E-state index contributed by atoms with van der Waals surface area (Å²) < 4.78 is 4.77. The van der Waals surface area contributed by atoms with Crippen LogP contribution in [0.5, 0.6) is 0 Å². The summed E-state index contributed by atoms with van der Waals surface area (Å²) in [7, 11) is 0. The highest BCUT2D eigenvalue weighted by Crippen LogP contribution is 2.35. The molecule has 1 aromatic carbocycles. The minimum Gasteiger partial charge on any atom is -0.368 e. The molecule has 0 spiro atoms. The van der Waals surface area contributed by atoms with Gasteiger partial charge in [-0.05, 0) is 43.9 Å². The van der Waals surface area contributed by atoms with Gasteiger partial charge in [0.1, 0.15) is 12.4 Å². The molecule has 0 atom stereocenters. The summed E-state index contributed by atoms with van der Waals surface area (Å²) >= 11 is 0. The van der Waals surface area contributed by atoms with E-state index in [1.54, 1.807) is 0 Å². The number of hydrogen-bond acceptors (Lipinski definition) is 3. The molecule has 2 heterocycles. The normalized spacial score (nSPS) is 13.3. The van der Waals surface area contributed by atoms with Crippen LogP contribution < -0.4 is 36.7 Å². The average molecular weight is 517 g/mol. The van der Waals surface area contributed by atoms with Crippen molar-refractivity contribution >= 4 is 23.0 Å². The first-order chi connectivity index (χ1) is 18.2. The average Bonchev–Trinajstić information content (AvgIpc) is 3.30. The summed E-state index contributed by atoms with van der Waals surface area (Å²) in [6.07, 6.45) is 16.8. The predicted octanol–water partition coefficient (Wildman–Crippen LogP) is 2.05. The highest BCUT2D eigenvalue weighted by molar-refractivity contribution is 5.77. The maximum atomic E-state index is 4.01. The summed E-state index contributed by atoms with van der Waals surface area (Å²) in [6.45, 7) is 13.2. The van der Waals surface area contributed by atoms with Crippen molar-refractivity contribution in [2.24, 2.45) is 0 Å². The number of nitrogens with zero attached hydrogens (tertiary/aromatic N) is 4. The standard InChI is InChI=1S/C29H52N8/c1-3-5-9-17-34-21-22-35(18-10-6-4-2)28-25-26(13-14-27(28)34)32-33-29-36(19-11-7-15-30)23-24-37(29)20-12-8-16-31/h13-14,23-25,32H,3-12,15-22,30-31H2,1-2H3/p+4. The summed E-state index contributed by atoms with van der Waals surface area (Å²) in [4.78, 5) is 5.23.